The molecule has 2 aliphatic heterocycles. The van der Waals surface area contributed by atoms with Gasteiger partial charge in [0.25, 0.3) is 11.7 Å². The number of unbranched alkanes of at least 4 members (excludes halogenated alkanes) is 1. The van der Waals surface area contributed by atoms with Crippen molar-refractivity contribution < 1.29 is 33.6 Å². The van der Waals surface area contributed by atoms with Gasteiger partial charge in [-0.05, 0) is 61.2 Å². The number of morpholine rings is 1. The summed E-state index contributed by atoms with van der Waals surface area (Å²) >= 11 is 0. The van der Waals surface area contributed by atoms with Crippen LogP contribution in [-0.4, -0.2) is 86.3 Å². The van der Waals surface area contributed by atoms with Crippen LogP contribution in [0.4, 0.5) is 0 Å². The van der Waals surface area contributed by atoms with Crippen molar-refractivity contribution in [3.63, 3.8) is 0 Å². The minimum absolute atomic E-state index is 0.0605. The summed E-state index contributed by atoms with van der Waals surface area (Å²) in [4.78, 5) is 30.7. The second kappa shape index (κ2) is 14.9. The summed E-state index contributed by atoms with van der Waals surface area (Å²) in [5.74, 6) is 0.239. The van der Waals surface area contributed by atoms with Crippen molar-refractivity contribution >= 4 is 17.4 Å². The number of hydrogen-bond donors (Lipinski definition) is 1. The van der Waals surface area contributed by atoms with Crippen LogP contribution in [0.15, 0.2) is 48.0 Å². The van der Waals surface area contributed by atoms with Gasteiger partial charge in [-0.15, -0.1) is 0 Å². The molecule has 1 amide bonds. The van der Waals surface area contributed by atoms with Crippen LogP contribution in [0.5, 0.6) is 17.2 Å². The maximum atomic E-state index is 13.5. The van der Waals surface area contributed by atoms with E-state index in [1.165, 1.54) is 0 Å². The summed E-state index contributed by atoms with van der Waals surface area (Å²) in [6, 6.07) is 11.6. The Kier molecular flexibility index (Phi) is 11.0. The number of aliphatic hydroxyl groups excluding tert-OH is 1. The first-order valence-electron chi connectivity index (χ1n) is 14.6. The molecule has 9 heteroatoms. The van der Waals surface area contributed by atoms with Crippen LogP contribution >= 0.6 is 0 Å². The van der Waals surface area contributed by atoms with Crippen LogP contribution in [0.3, 0.4) is 0 Å². The van der Waals surface area contributed by atoms with E-state index >= 15 is 0 Å². The molecule has 1 unspecified atom stereocenters. The molecule has 0 radical (unpaired) electrons. The number of aliphatic hydroxyl groups is 1. The van der Waals surface area contributed by atoms with Crippen molar-refractivity contribution in [3.05, 3.63) is 59.2 Å². The van der Waals surface area contributed by atoms with Crippen molar-refractivity contribution in [1.29, 1.82) is 0 Å². The zero-order valence-corrected chi connectivity index (χ0v) is 24.4. The second-order valence-corrected chi connectivity index (χ2v) is 10.3. The van der Waals surface area contributed by atoms with E-state index in [9.17, 15) is 14.7 Å². The van der Waals surface area contributed by atoms with Gasteiger partial charge < -0.3 is 29.0 Å². The number of nitrogens with zero attached hydrogens (tertiary/aromatic N) is 2. The van der Waals surface area contributed by atoms with E-state index in [1.807, 2.05) is 13.0 Å². The Labute approximate surface area is 242 Å². The Morgan fingerprint density at radius 1 is 0.927 bits per heavy atom. The van der Waals surface area contributed by atoms with E-state index in [-0.39, 0.29) is 11.3 Å². The third kappa shape index (κ3) is 7.40. The summed E-state index contributed by atoms with van der Waals surface area (Å²) in [5.41, 5.74) is 1.17. The predicted octanol–water partition coefficient (Wildman–Crippen LogP) is 4.81. The third-order valence-electron chi connectivity index (χ3n) is 7.38. The van der Waals surface area contributed by atoms with E-state index < -0.39 is 17.7 Å². The van der Waals surface area contributed by atoms with Crippen LogP contribution < -0.4 is 14.2 Å². The number of rotatable bonds is 14. The number of hydrogen-bond acceptors (Lipinski definition) is 8. The van der Waals surface area contributed by atoms with Crippen LogP contribution in [0.1, 0.15) is 56.7 Å². The zero-order valence-electron chi connectivity index (χ0n) is 24.4. The zero-order chi connectivity index (χ0) is 29.2. The molecule has 4 rings (SSSR count). The Hall–Kier alpha value is -3.56. The molecule has 0 aromatic heterocycles. The number of benzene rings is 2. The number of ketones is 1. The number of methoxy groups -OCH3 is 1. The summed E-state index contributed by atoms with van der Waals surface area (Å²) in [5, 5.41) is 11.4. The maximum absolute atomic E-state index is 13.5. The lowest BCUT2D eigenvalue weighted by Gasteiger charge is -2.29. The van der Waals surface area contributed by atoms with Crippen molar-refractivity contribution in [2.75, 3.05) is 59.7 Å². The molecule has 2 aliphatic rings. The van der Waals surface area contributed by atoms with E-state index in [1.54, 1.807) is 48.4 Å². The third-order valence-corrected chi connectivity index (χ3v) is 7.38. The minimum atomic E-state index is -0.769. The molecule has 0 bridgehead atoms. The highest BCUT2D eigenvalue weighted by atomic mass is 16.5. The molecule has 0 aliphatic carbocycles. The molecule has 1 atom stereocenters. The Morgan fingerprint density at radius 3 is 2.37 bits per heavy atom. The first-order chi connectivity index (χ1) is 20.0. The van der Waals surface area contributed by atoms with Gasteiger partial charge in [0, 0.05) is 31.7 Å². The normalized spacial score (nSPS) is 19.0. The summed E-state index contributed by atoms with van der Waals surface area (Å²) in [6.45, 7) is 9.49. The molecule has 2 aromatic carbocycles. The highest BCUT2D eigenvalue weighted by Crippen LogP contribution is 2.42. The summed E-state index contributed by atoms with van der Waals surface area (Å²) in [6.07, 6.45) is 3.48. The molecule has 222 valence electrons. The largest absolute Gasteiger partial charge is 0.507 e. The first-order valence-corrected chi connectivity index (χ1v) is 14.6. The van der Waals surface area contributed by atoms with Crippen LogP contribution in [0.2, 0.25) is 0 Å². The Morgan fingerprint density at radius 2 is 1.68 bits per heavy atom. The molecule has 1 N–H and O–H groups in total. The lowest BCUT2D eigenvalue weighted by Crippen LogP contribution is -2.39. The molecular weight excluding hydrogens is 524 g/mol. The lowest BCUT2D eigenvalue weighted by molar-refractivity contribution is -0.140. The molecule has 2 fully saturated rings. The van der Waals surface area contributed by atoms with Crippen LogP contribution in [-0.2, 0) is 14.3 Å². The SMILES string of the molecule is CCCCOc1ccc(C2/C(=C(\O)c3ccc(OCCC)cc3)C(=O)C(=O)N2CCCN2CCOCC2)cc1OC. The van der Waals surface area contributed by atoms with Crippen molar-refractivity contribution in [2.45, 2.75) is 45.6 Å². The number of likely N-dealkylation sites (tertiary alicyclic amines) is 1. The molecule has 2 heterocycles. The smallest absolute Gasteiger partial charge is 0.295 e. The van der Waals surface area contributed by atoms with Crippen LogP contribution in [0, 0.1) is 0 Å². The van der Waals surface area contributed by atoms with Gasteiger partial charge in [0.2, 0.25) is 0 Å². The van der Waals surface area contributed by atoms with Gasteiger partial charge in [0.15, 0.2) is 11.5 Å². The molecule has 9 nitrogen and oxygen atoms in total. The average Bonchev–Trinajstić information content (AvgIpc) is 3.25. The topological polar surface area (TPSA) is 97.8 Å². The molecular formula is C32H42N2O7. The maximum Gasteiger partial charge on any atom is 0.295 e. The summed E-state index contributed by atoms with van der Waals surface area (Å²) in [7, 11) is 1.56. The number of amides is 1. The highest BCUT2D eigenvalue weighted by molar-refractivity contribution is 6.46. The fraction of sp³-hybridized carbons (Fsp3) is 0.500. The molecule has 0 spiro atoms. The van der Waals surface area contributed by atoms with E-state index in [2.05, 4.69) is 11.8 Å². The van der Waals surface area contributed by atoms with Crippen molar-refractivity contribution in [2.24, 2.45) is 0 Å². The fourth-order valence-corrected chi connectivity index (χ4v) is 5.13. The van der Waals surface area contributed by atoms with Gasteiger partial charge in [-0.2, -0.15) is 0 Å². The van der Waals surface area contributed by atoms with E-state index in [0.717, 1.165) is 38.9 Å². The van der Waals surface area contributed by atoms with Gasteiger partial charge >= 0.3 is 0 Å². The van der Waals surface area contributed by atoms with E-state index in [0.29, 0.717) is 67.8 Å². The first kappa shape index (κ1) is 30.4. The Balaban J connectivity index is 1.68. The highest BCUT2D eigenvalue weighted by Gasteiger charge is 2.46. The number of carbonyl (C=O) groups is 2. The monoisotopic (exact) mass is 566 g/mol. The molecule has 41 heavy (non-hydrogen) atoms. The number of Topliss-reactive ketones (excluding diaryl/α,β-unsaturated/α-hetero) is 1. The van der Waals surface area contributed by atoms with Crippen LogP contribution in [0.25, 0.3) is 5.76 Å². The Bertz CT molecular complexity index is 1210. The quantitative estimate of drug-likeness (QED) is 0.151. The standard InChI is InChI=1S/C32H42N2O7/c1-4-6-19-41-26-13-10-24(22-27(26)38-3)29-28(30(35)23-8-11-25(12-9-23)40-18-5-2)31(36)32(37)34(29)15-7-14-33-16-20-39-21-17-33/h8-13,22,29,35H,4-7,14-21H2,1-3H3/b30-28+. The second-order valence-electron chi connectivity index (χ2n) is 10.3. The minimum Gasteiger partial charge on any atom is -0.507 e. The fourth-order valence-electron chi connectivity index (χ4n) is 5.13. The molecule has 2 aromatic rings. The average molecular weight is 567 g/mol. The van der Waals surface area contributed by atoms with E-state index in [4.69, 9.17) is 18.9 Å². The van der Waals surface area contributed by atoms with Gasteiger partial charge in [0.05, 0.1) is 45.2 Å². The predicted molar refractivity (Wildman–Crippen MR) is 157 cm³/mol. The van der Waals surface area contributed by atoms with Gasteiger partial charge in [0.1, 0.15) is 11.5 Å². The molecule has 2 saturated heterocycles. The van der Waals surface area contributed by atoms with Gasteiger partial charge in [-0.3, -0.25) is 14.5 Å². The van der Waals surface area contributed by atoms with Gasteiger partial charge in [-0.25, -0.2) is 0 Å². The van der Waals surface area contributed by atoms with Crippen molar-refractivity contribution in [3.8, 4) is 17.2 Å². The number of ether oxygens (including phenoxy) is 4. The lowest BCUT2D eigenvalue weighted by atomic mass is 9.95. The van der Waals surface area contributed by atoms with Crippen molar-refractivity contribution in [1.82, 2.24) is 9.80 Å². The number of carbonyl (C=O) groups excluding carboxylic acids is 2. The van der Waals surface area contributed by atoms with Gasteiger partial charge in [-0.1, -0.05) is 26.3 Å². The summed E-state index contributed by atoms with van der Waals surface area (Å²) < 4.78 is 22.6. The molecule has 0 saturated carbocycles.